The lowest BCUT2D eigenvalue weighted by atomic mass is 9.93. The van der Waals surface area contributed by atoms with E-state index in [4.69, 9.17) is 23.2 Å². The van der Waals surface area contributed by atoms with Crippen LogP contribution in [0.4, 0.5) is 0 Å². The van der Waals surface area contributed by atoms with Crippen molar-refractivity contribution in [2.75, 3.05) is 13.1 Å². The van der Waals surface area contributed by atoms with Gasteiger partial charge in [0.1, 0.15) is 4.90 Å². The highest BCUT2D eigenvalue weighted by atomic mass is 35.5. The first kappa shape index (κ1) is 19.9. The smallest absolute Gasteiger partial charge is 0.246 e. The number of amides is 1. The molecular formula is C18H24Cl2N2O3S. The van der Waals surface area contributed by atoms with Crippen molar-refractivity contribution in [2.24, 2.45) is 5.92 Å². The third-order valence-corrected chi connectivity index (χ3v) is 8.15. The van der Waals surface area contributed by atoms with E-state index >= 15 is 0 Å². The van der Waals surface area contributed by atoms with E-state index < -0.39 is 10.0 Å². The lowest BCUT2D eigenvalue weighted by molar-refractivity contribution is -0.127. The Hall–Kier alpha value is -0.820. The number of nitrogens with zero attached hydrogens (tertiary/aromatic N) is 1. The van der Waals surface area contributed by atoms with Gasteiger partial charge in [0, 0.05) is 25.0 Å². The lowest BCUT2D eigenvalue weighted by Gasteiger charge is -2.32. The van der Waals surface area contributed by atoms with Crippen molar-refractivity contribution in [3.05, 3.63) is 28.2 Å². The van der Waals surface area contributed by atoms with E-state index in [2.05, 4.69) is 5.32 Å². The molecule has 0 unspecified atom stereocenters. The first-order chi connectivity index (χ1) is 12.4. The standard InChI is InChI=1S/C18H24Cl2N2O3S/c19-15-7-4-8-16(20)17(15)26(24,25)22-11-9-13(10-12-22)18(23)21-14-5-2-1-3-6-14/h4,7-8,13-14H,1-3,5-6,9-12H2,(H,21,23). The van der Waals surface area contributed by atoms with E-state index in [-0.39, 0.29) is 32.8 Å². The summed E-state index contributed by atoms with van der Waals surface area (Å²) in [5, 5.41) is 3.38. The van der Waals surface area contributed by atoms with Crippen molar-refractivity contribution in [1.82, 2.24) is 9.62 Å². The van der Waals surface area contributed by atoms with Gasteiger partial charge in [-0.25, -0.2) is 8.42 Å². The summed E-state index contributed by atoms with van der Waals surface area (Å²) in [4.78, 5) is 12.4. The Kier molecular flexibility index (Phi) is 6.49. The second-order valence-corrected chi connectivity index (χ2v) is 9.76. The molecule has 2 aliphatic rings. The van der Waals surface area contributed by atoms with Gasteiger partial charge in [-0.1, -0.05) is 48.5 Å². The second kappa shape index (κ2) is 8.46. The van der Waals surface area contributed by atoms with Crippen molar-refractivity contribution in [1.29, 1.82) is 0 Å². The fourth-order valence-electron chi connectivity index (χ4n) is 3.78. The monoisotopic (exact) mass is 418 g/mol. The summed E-state index contributed by atoms with van der Waals surface area (Å²) in [5.41, 5.74) is 0. The molecule has 5 nitrogen and oxygen atoms in total. The summed E-state index contributed by atoms with van der Waals surface area (Å²) in [7, 11) is -3.76. The highest BCUT2D eigenvalue weighted by molar-refractivity contribution is 7.89. The van der Waals surface area contributed by atoms with Crippen LogP contribution in [0.5, 0.6) is 0 Å². The zero-order valence-electron chi connectivity index (χ0n) is 14.6. The minimum Gasteiger partial charge on any atom is -0.353 e. The Labute approximate surface area is 165 Å². The molecule has 2 fully saturated rings. The van der Waals surface area contributed by atoms with Gasteiger partial charge in [0.25, 0.3) is 0 Å². The van der Waals surface area contributed by atoms with Gasteiger partial charge in [0.05, 0.1) is 10.0 Å². The normalized spacial score (nSPS) is 20.8. The van der Waals surface area contributed by atoms with Gasteiger partial charge in [0.2, 0.25) is 15.9 Å². The van der Waals surface area contributed by atoms with E-state index in [1.807, 2.05) is 0 Å². The van der Waals surface area contributed by atoms with Crippen molar-refractivity contribution in [3.63, 3.8) is 0 Å². The third-order valence-electron chi connectivity index (χ3n) is 5.29. The summed E-state index contributed by atoms with van der Waals surface area (Å²) < 4.78 is 27.1. The van der Waals surface area contributed by atoms with Gasteiger partial charge in [-0.2, -0.15) is 4.31 Å². The van der Waals surface area contributed by atoms with Crippen LogP contribution in [0, 0.1) is 5.92 Å². The molecule has 144 valence electrons. The fourth-order valence-corrected chi connectivity index (χ4v) is 6.34. The van der Waals surface area contributed by atoms with Crippen molar-refractivity contribution >= 4 is 39.1 Å². The Morgan fingerprint density at radius 2 is 1.58 bits per heavy atom. The molecule has 1 N–H and O–H groups in total. The number of carbonyl (C=O) groups excluding carboxylic acids is 1. The third kappa shape index (κ3) is 4.35. The highest BCUT2D eigenvalue weighted by Gasteiger charge is 2.34. The molecule has 0 spiro atoms. The summed E-state index contributed by atoms with van der Waals surface area (Å²) in [6.07, 6.45) is 6.70. The first-order valence-corrected chi connectivity index (χ1v) is 11.3. The molecule has 3 rings (SSSR count). The van der Waals surface area contributed by atoms with E-state index in [1.54, 1.807) is 6.07 Å². The molecule has 1 aromatic carbocycles. The van der Waals surface area contributed by atoms with Gasteiger partial charge in [-0.05, 0) is 37.8 Å². The minimum atomic E-state index is -3.76. The average molecular weight is 419 g/mol. The molecule has 26 heavy (non-hydrogen) atoms. The molecule has 0 radical (unpaired) electrons. The van der Waals surface area contributed by atoms with Crippen LogP contribution in [0.15, 0.2) is 23.1 Å². The van der Waals surface area contributed by atoms with Gasteiger partial charge >= 0.3 is 0 Å². The zero-order chi connectivity index (χ0) is 18.7. The Bertz CT molecular complexity index is 735. The van der Waals surface area contributed by atoms with Gasteiger partial charge in [0.15, 0.2) is 0 Å². The van der Waals surface area contributed by atoms with E-state index in [1.165, 1.54) is 35.7 Å². The first-order valence-electron chi connectivity index (χ1n) is 9.14. The van der Waals surface area contributed by atoms with Gasteiger partial charge < -0.3 is 5.32 Å². The van der Waals surface area contributed by atoms with E-state index in [0.717, 1.165) is 12.8 Å². The van der Waals surface area contributed by atoms with Crippen molar-refractivity contribution in [3.8, 4) is 0 Å². The quantitative estimate of drug-likeness (QED) is 0.807. The molecule has 1 aromatic rings. The molecule has 8 heteroatoms. The lowest BCUT2D eigenvalue weighted by Crippen LogP contribution is -2.45. The molecule has 1 aliphatic carbocycles. The summed E-state index contributed by atoms with van der Waals surface area (Å²) >= 11 is 12.1. The van der Waals surface area contributed by atoms with Crippen molar-refractivity contribution < 1.29 is 13.2 Å². The molecule has 1 amide bonds. The van der Waals surface area contributed by atoms with Gasteiger partial charge in [-0.3, -0.25) is 4.79 Å². The SMILES string of the molecule is O=C(NC1CCCCC1)C1CCN(S(=O)(=O)c2c(Cl)cccc2Cl)CC1. The number of halogens is 2. The van der Waals surface area contributed by atoms with Crippen molar-refractivity contribution in [2.45, 2.75) is 55.9 Å². The maximum absolute atomic E-state index is 12.9. The van der Waals surface area contributed by atoms with Gasteiger partial charge in [-0.15, -0.1) is 0 Å². The number of carbonyl (C=O) groups is 1. The molecular weight excluding hydrogens is 395 g/mol. The minimum absolute atomic E-state index is 0.0477. The Morgan fingerprint density at radius 1 is 1.00 bits per heavy atom. The zero-order valence-corrected chi connectivity index (χ0v) is 16.9. The summed E-state index contributed by atoms with van der Waals surface area (Å²) in [6, 6.07) is 4.93. The predicted molar refractivity (Wildman–Crippen MR) is 103 cm³/mol. The van der Waals surface area contributed by atoms with Crippen LogP contribution in [-0.4, -0.2) is 37.8 Å². The molecule has 1 aliphatic heterocycles. The number of piperidine rings is 1. The number of nitrogens with one attached hydrogen (secondary N) is 1. The largest absolute Gasteiger partial charge is 0.353 e. The van der Waals surface area contributed by atoms with E-state index in [9.17, 15) is 13.2 Å². The van der Waals surface area contributed by atoms with Crippen LogP contribution >= 0.6 is 23.2 Å². The fraction of sp³-hybridized carbons (Fsp3) is 0.611. The maximum Gasteiger partial charge on any atom is 0.246 e. The highest BCUT2D eigenvalue weighted by Crippen LogP contribution is 2.33. The second-order valence-electron chi connectivity index (χ2n) is 7.07. The molecule has 0 atom stereocenters. The Balaban J connectivity index is 1.61. The molecule has 1 heterocycles. The summed E-state index contributed by atoms with van der Waals surface area (Å²) in [5.74, 6) is -0.0742. The summed E-state index contributed by atoms with van der Waals surface area (Å²) in [6.45, 7) is 0.597. The molecule has 1 saturated carbocycles. The topological polar surface area (TPSA) is 66.5 Å². The number of benzene rings is 1. The number of hydrogen-bond donors (Lipinski definition) is 1. The predicted octanol–water partition coefficient (Wildman–Crippen LogP) is 3.84. The van der Waals surface area contributed by atoms with Crippen LogP contribution in [0.25, 0.3) is 0 Å². The van der Waals surface area contributed by atoms with Crippen LogP contribution in [0.1, 0.15) is 44.9 Å². The van der Waals surface area contributed by atoms with Crippen LogP contribution in [0.3, 0.4) is 0 Å². The molecule has 0 aromatic heterocycles. The van der Waals surface area contributed by atoms with E-state index in [0.29, 0.717) is 25.9 Å². The number of rotatable bonds is 4. The average Bonchev–Trinajstić information content (AvgIpc) is 2.62. The maximum atomic E-state index is 12.9. The van der Waals surface area contributed by atoms with Crippen LogP contribution < -0.4 is 5.32 Å². The Morgan fingerprint density at radius 3 is 2.15 bits per heavy atom. The molecule has 0 bridgehead atoms. The van der Waals surface area contributed by atoms with Crippen LogP contribution in [-0.2, 0) is 14.8 Å². The molecule has 1 saturated heterocycles. The number of sulfonamides is 1. The van der Waals surface area contributed by atoms with Crippen LogP contribution in [0.2, 0.25) is 10.0 Å². The number of hydrogen-bond acceptors (Lipinski definition) is 3.